The molecule has 0 spiro atoms. The molecule has 66 valence electrons. The zero-order valence-corrected chi connectivity index (χ0v) is 7.40. The molecule has 13 heavy (non-hydrogen) atoms. The van der Waals surface area contributed by atoms with Gasteiger partial charge in [-0.25, -0.2) is 0 Å². The topological polar surface area (TPSA) is 45.4 Å². The predicted octanol–water partition coefficient (Wildman–Crippen LogP) is 1.95. The third kappa shape index (κ3) is 2.96. The van der Waals surface area contributed by atoms with Gasteiger partial charge in [0.05, 0.1) is 5.71 Å². The summed E-state index contributed by atoms with van der Waals surface area (Å²) in [5.74, 6) is 0. The Balaban J connectivity index is 2.63. The van der Waals surface area contributed by atoms with Crippen LogP contribution in [0.2, 0.25) is 0 Å². The summed E-state index contributed by atoms with van der Waals surface area (Å²) in [6, 6.07) is 11.5. The Labute approximate surface area is 77.2 Å². The third-order valence-corrected chi connectivity index (χ3v) is 1.52. The van der Waals surface area contributed by atoms with Crippen molar-refractivity contribution in [2.24, 2.45) is 5.16 Å². The van der Waals surface area contributed by atoms with Crippen molar-refractivity contribution in [3.05, 3.63) is 35.9 Å². The standard InChI is InChI=1S/C10H10N2O/c1-9(12-13-8-7-11)10-5-3-2-4-6-10/h2-6H,8H2,1H3/b12-9-. The molecule has 0 saturated heterocycles. The summed E-state index contributed by atoms with van der Waals surface area (Å²) in [5.41, 5.74) is 1.77. The zero-order chi connectivity index (χ0) is 9.52. The monoisotopic (exact) mass is 174 g/mol. The van der Waals surface area contributed by atoms with E-state index in [4.69, 9.17) is 10.1 Å². The summed E-state index contributed by atoms with van der Waals surface area (Å²) >= 11 is 0. The molecule has 0 aromatic heterocycles. The van der Waals surface area contributed by atoms with Crippen LogP contribution < -0.4 is 0 Å². The Morgan fingerprint density at radius 2 is 2.15 bits per heavy atom. The largest absolute Gasteiger partial charge is 0.380 e. The van der Waals surface area contributed by atoms with E-state index in [1.807, 2.05) is 43.3 Å². The molecule has 1 aromatic rings. The second-order valence-electron chi connectivity index (χ2n) is 2.47. The number of nitriles is 1. The number of hydrogen-bond donors (Lipinski definition) is 0. The summed E-state index contributed by atoms with van der Waals surface area (Å²) in [4.78, 5) is 4.73. The highest BCUT2D eigenvalue weighted by atomic mass is 16.6. The van der Waals surface area contributed by atoms with Gasteiger partial charge in [-0.05, 0) is 12.5 Å². The number of rotatable bonds is 3. The molecule has 0 N–H and O–H groups in total. The molecule has 0 radical (unpaired) electrons. The number of hydrogen-bond acceptors (Lipinski definition) is 3. The van der Waals surface area contributed by atoms with E-state index in [1.165, 1.54) is 0 Å². The minimum absolute atomic E-state index is 0.00975. The summed E-state index contributed by atoms with van der Waals surface area (Å²) in [7, 11) is 0. The van der Waals surface area contributed by atoms with Gasteiger partial charge < -0.3 is 4.84 Å². The Bertz CT molecular complexity index is 325. The molecular weight excluding hydrogens is 164 g/mol. The van der Waals surface area contributed by atoms with Crippen LogP contribution >= 0.6 is 0 Å². The van der Waals surface area contributed by atoms with E-state index < -0.39 is 0 Å². The van der Waals surface area contributed by atoms with Gasteiger partial charge in [0.1, 0.15) is 6.07 Å². The first-order chi connectivity index (χ1) is 6.34. The minimum atomic E-state index is -0.00975. The molecule has 0 aliphatic carbocycles. The Kier molecular flexibility index (Phi) is 3.52. The predicted molar refractivity (Wildman–Crippen MR) is 50.2 cm³/mol. The maximum atomic E-state index is 8.21. The number of nitrogens with zero attached hydrogens (tertiary/aromatic N) is 2. The van der Waals surface area contributed by atoms with Crippen LogP contribution in [0, 0.1) is 11.3 Å². The molecule has 1 aromatic carbocycles. The summed E-state index contributed by atoms with van der Waals surface area (Å²) in [5, 5.41) is 12.0. The van der Waals surface area contributed by atoms with Crippen molar-refractivity contribution in [3.63, 3.8) is 0 Å². The first-order valence-corrected chi connectivity index (χ1v) is 3.93. The van der Waals surface area contributed by atoms with E-state index in [0.29, 0.717) is 0 Å². The molecule has 0 aliphatic rings. The van der Waals surface area contributed by atoms with Crippen LogP contribution in [0.1, 0.15) is 12.5 Å². The maximum absolute atomic E-state index is 8.21. The van der Waals surface area contributed by atoms with Crippen LogP contribution in [0.15, 0.2) is 35.5 Å². The van der Waals surface area contributed by atoms with Gasteiger partial charge in [0.2, 0.25) is 6.61 Å². The van der Waals surface area contributed by atoms with E-state index in [-0.39, 0.29) is 6.61 Å². The van der Waals surface area contributed by atoms with Crippen LogP contribution in [-0.4, -0.2) is 12.3 Å². The van der Waals surface area contributed by atoms with Crippen molar-refractivity contribution in [3.8, 4) is 6.07 Å². The summed E-state index contributed by atoms with van der Waals surface area (Å²) in [6.45, 7) is 1.83. The molecule has 0 bridgehead atoms. The van der Waals surface area contributed by atoms with Crippen LogP contribution in [0.3, 0.4) is 0 Å². The molecule has 0 amide bonds. The van der Waals surface area contributed by atoms with Crippen molar-refractivity contribution < 1.29 is 4.84 Å². The van der Waals surface area contributed by atoms with Crippen LogP contribution in [-0.2, 0) is 4.84 Å². The first kappa shape index (κ1) is 9.27. The molecule has 0 aliphatic heterocycles. The summed E-state index contributed by atoms with van der Waals surface area (Å²) in [6.07, 6.45) is 0. The lowest BCUT2D eigenvalue weighted by Gasteiger charge is -1.98. The van der Waals surface area contributed by atoms with Gasteiger partial charge in [0.25, 0.3) is 0 Å². The highest BCUT2D eigenvalue weighted by Gasteiger charge is 1.94. The quantitative estimate of drug-likeness (QED) is 0.399. The lowest BCUT2D eigenvalue weighted by molar-refractivity contribution is 0.178. The highest BCUT2D eigenvalue weighted by molar-refractivity contribution is 5.98. The second-order valence-corrected chi connectivity index (χ2v) is 2.47. The fraction of sp³-hybridized carbons (Fsp3) is 0.200. The van der Waals surface area contributed by atoms with Gasteiger partial charge in [0, 0.05) is 0 Å². The van der Waals surface area contributed by atoms with Crippen molar-refractivity contribution in [1.82, 2.24) is 0 Å². The lowest BCUT2D eigenvalue weighted by Crippen LogP contribution is -1.95. The van der Waals surface area contributed by atoms with Gasteiger partial charge in [-0.2, -0.15) is 5.26 Å². The Morgan fingerprint density at radius 1 is 1.46 bits per heavy atom. The molecule has 1 rings (SSSR count). The second kappa shape index (κ2) is 4.94. The fourth-order valence-electron chi connectivity index (χ4n) is 0.890. The zero-order valence-electron chi connectivity index (χ0n) is 7.40. The van der Waals surface area contributed by atoms with Gasteiger partial charge in [-0.1, -0.05) is 35.5 Å². The molecule has 0 saturated carbocycles. The Morgan fingerprint density at radius 3 is 2.77 bits per heavy atom. The van der Waals surface area contributed by atoms with Crippen molar-refractivity contribution in [1.29, 1.82) is 5.26 Å². The summed E-state index contributed by atoms with van der Waals surface area (Å²) < 4.78 is 0. The Hall–Kier alpha value is -1.82. The third-order valence-electron chi connectivity index (χ3n) is 1.52. The van der Waals surface area contributed by atoms with E-state index in [0.717, 1.165) is 11.3 Å². The minimum Gasteiger partial charge on any atom is -0.380 e. The molecule has 0 atom stereocenters. The number of oxime groups is 1. The first-order valence-electron chi connectivity index (χ1n) is 3.93. The van der Waals surface area contributed by atoms with Gasteiger partial charge in [0.15, 0.2) is 0 Å². The van der Waals surface area contributed by atoms with Gasteiger partial charge in [-0.15, -0.1) is 0 Å². The maximum Gasteiger partial charge on any atom is 0.202 e. The normalized spacial score (nSPS) is 10.6. The van der Waals surface area contributed by atoms with Crippen molar-refractivity contribution in [2.75, 3.05) is 6.61 Å². The lowest BCUT2D eigenvalue weighted by atomic mass is 10.1. The molecule has 3 heteroatoms. The van der Waals surface area contributed by atoms with E-state index >= 15 is 0 Å². The average molecular weight is 174 g/mol. The van der Waals surface area contributed by atoms with E-state index in [2.05, 4.69) is 5.16 Å². The highest BCUT2D eigenvalue weighted by Crippen LogP contribution is 2.00. The molecule has 0 heterocycles. The van der Waals surface area contributed by atoms with Gasteiger partial charge >= 0.3 is 0 Å². The van der Waals surface area contributed by atoms with E-state index in [9.17, 15) is 0 Å². The van der Waals surface area contributed by atoms with Crippen LogP contribution in [0.4, 0.5) is 0 Å². The molecule has 0 fully saturated rings. The van der Waals surface area contributed by atoms with Crippen molar-refractivity contribution >= 4 is 5.71 Å². The molecule has 0 unspecified atom stereocenters. The number of benzene rings is 1. The van der Waals surface area contributed by atoms with Crippen LogP contribution in [0.5, 0.6) is 0 Å². The van der Waals surface area contributed by atoms with Crippen molar-refractivity contribution in [2.45, 2.75) is 6.92 Å². The molecule has 3 nitrogen and oxygen atoms in total. The van der Waals surface area contributed by atoms with Crippen LogP contribution in [0.25, 0.3) is 0 Å². The smallest absolute Gasteiger partial charge is 0.202 e. The molecular formula is C10H10N2O. The SMILES string of the molecule is C/C(=N/OCC#N)c1ccccc1. The average Bonchev–Trinajstić information content (AvgIpc) is 2.19. The fourth-order valence-corrected chi connectivity index (χ4v) is 0.890. The van der Waals surface area contributed by atoms with E-state index in [1.54, 1.807) is 0 Å². The van der Waals surface area contributed by atoms with Gasteiger partial charge in [-0.3, -0.25) is 0 Å².